The van der Waals surface area contributed by atoms with Crippen molar-refractivity contribution in [2.45, 2.75) is 25.9 Å². The van der Waals surface area contributed by atoms with Crippen molar-refractivity contribution in [3.63, 3.8) is 0 Å². The predicted octanol–water partition coefficient (Wildman–Crippen LogP) is 6.49. The van der Waals surface area contributed by atoms with Crippen LogP contribution in [0.5, 0.6) is 0 Å². The van der Waals surface area contributed by atoms with E-state index in [9.17, 15) is 18.0 Å². The van der Waals surface area contributed by atoms with E-state index < -0.39 is 23.6 Å². The van der Waals surface area contributed by atoms with E-state index in [0.717, 1.165) is 40.4 Å². The molecule has 7 nitrogen and oxygen atoms in total. The summed E-state index contributed by atoms with van der Waals surface area (Å²) in [6.45, 7) is 3.53. The summed E-state index contributed by atoms with van der Waals surface area (Å²) in [5, 5.41) is 16.9. The van der Waals surface area contributed by atoms with Gasteiger partial charge in [-0.15, -0.1) is 0 Å². The highest BCUT2D eigenvalue weighted by molar-refractivity contribution is 5.96. The van der Waals surface area contributed by atoms with Gasteiger partial charge in [0.15, 0.2) is 0 Å². The fourth-order valence-electron chi connectivity index (χ4n) is 4.06. The van der Waals surface area contributed by atoms with Crippen LogP contribution in [0.15, 0.2) is 78.8 Å². The number of amides is 1. The van der Waals surface area contributed by atoms with Crippen molar-refractivity contribution in [1.29, 1.82) is 5.41 Å². The zero-order valence-electron chi connectivity index (χ0n) is 21.5. The summed E-state index contributed by atoms with van der Waals surface area (Å²) in [4.78, 5) is 21.8. The summed E-state index contributed by atoms with van der Waals surface area (Å²) in [7, 11) is 1.73. The number of fused-ring (bicyclic) bond motifs is 1. The Labute approximate surface area is 223 Å². The first kappa shape index (κ1) is 27.3. The van der Waals surface area contributed by atoms with Crippen molar-refractivity contribution in [1.82, 2.24) is 15.3 Å². The van der Waals surface area contributed by atoms with Crippen molar-refractivity contribution in [3.8, 4) is 11.1 Å². The Morgan fingerprint density at radius 3 is 2.56 bits per heavy atom. The molecule has 0 bridgehead atoms. The second kappa shape index (κ2) is 11.3. The lowest BCUT2D eigenvalue weighted by Crippen LogP contribution is -2.19. The number of carbonyl (C=O) groups is 1. The van der Waals surface area contributed by atoms with Gasteiger partial charge in [-0.25, -0.2) is 9.97 Å². The van der Waals surface area contributed by atoms with Gasteiger partial charge in [0.05, 0.1) is 22.7 Å². The molecule has 0 saturated carbocycles. The molecule has 1 atom stereocenters. The summed E-state index contributed by atoms with van der Waals surface area (Å²) in [6.07, 6.45) is -0.0123. The predicted molar refractivity (Wildman–Crippen MR) is 148 cm³/mol. The van der Waals surface area contributed by atoms with Crippen LogP contribution in [0, 0.1) is 12.3 Å². The lowest BCUT2D eigenvalue weighted by molar-refractivity contribution is -0.137. The van der Waals surface area contributed by atoms with E-state index in [-0.39, 0.29) is 5.56 Å². The van der Waals surface area contributed by atoms with Gasteiger partial charge in [-0.3, -0.25) is 4.79 Å². The maximum atomic E-state index is 13.1. The SMILES string of the molecule is CN/C=C(\C=N)Nc1ncc2cc(-c3cc(NC(=O)C(C)c4cccc(C(F)(F)F)c4)ccc3C)ccc2n1. The van der Waals surface area contributed by atoms with Gasteiger partial charge in [-0.1, -0.05) is 30.3 Å². The van der Waals surface area contributed by atoms with Crippen LogP contribution >= 0.6 is 0 Å². The number of rotatable bonds is 8. The number of benzene rings is 3. The number of allylic oxidation sites excluding steroid dienone is 1. The number of carbonyl (C=O) groups excluding carboxylic acids is 1. The summed E-state index contributed by atoms with van der Waals surface area (Å²) < 4.78 is 39.3. The molecule has 0 spiro atoms. The third kappa shape index (κ3) is 6.40. The Morgan fingerprint density at radius 1 is 1.05 bits per heavy atom. The molecule has 4 rings (SSSR count). The lowest BCUT2D eigenvalue weighted by Gasteiger charge is -2.16. The van der Waals surface area contributed by atoms with E-state index in [1.165, 1.54) is 12.1 Å². The van der Waals surface area contributed by atoms with Crippen LogP contribution in [0.2, 0.25) is 0 Å². The van der Waals surface area contributed by atoms with Crippen LogP contribution in [-0.4, -0.2) is 29.1 Å². The van der Waals surface area contributed by atoms with Crippen LogP contribution in [0.1, 0.15) is 29.5 Å². The Morgan fingerprint density at radius 2 is 1.85 bits per heavy atom. The third-order valence-electron chi connectivity index (χ3n) is 6.21. The first-order valence-electron chi connectivity index (χ1n) is 12.1. The number of hydrogen-bond acceptors (Lipinski definition) is 6. The standard InChI is InChI=1S/C29H27F3N6O/c1-17-7-9-23(36-27(39)18(2)19-5-4-6-22(12-19)29(30,31)32)13-25(17)20-8-10-26-21(11-20)15-35-28(38-26)37-24(14-33)16-34-3/h4-16,18,33-34H,1-3H3,(H,36,39)(H,35,37,38)/b24-16+,33-14?. The number of hydrogen-bond donors (Lipinski definition) is 4. The molecule has 10 heteroatoms. The number of aromatic nitrogens is 2. The van der Waals surface area contributed by atoms with Crippen molar-refractivity contribution >= 4 is 34.7 Å². The Balaban J connectivity index is 1.56. The maximum Gasteiger partial charge on any atom is 0.416 e. The molecule has 1 heterocycles. The smallest absolute Gasteiger partial charge is 0.392 e. The van der Waals surface area contributed by atoms with Crippen LogP contribution < -0.4 is 16.0 Å². The average Bonchev–Trinajstić information content (AvgIpc) is 2.92. The molecule has 0 radical (unpaired) electrons. The molecular weight excluding hydrogens is 505 g/mol. The molecule has 200 valence electrons. The van der Waals surface area contributed by atoms with E-state index in [4.69, 9.17) is 5.41 Å². The number of nitrogens with zero attached hydrogens (tertiary/aromatic N) is 2. The minimum Gasteiger partial charge on any atom is -0.392 e. The summed E-state index contributed by atoms with van der Waals surface area (Å²) >= 11 is 0. The van der Waals surface area contributed by atoms with Gasteiger partial charge in [0.1, 0.15) is 0 Å². The molecule has 1 unspecified atom stereocenters. The molecule has 0 aliphatic heterocycles. The van der Waals surface area contributed by atoms with Crippen molar-refractivity contribution in [3.05, 3.63) is 95.4 Å². The fraction of sp³-hybridized carbons (Fsp3) is 0.172. The second-order valence-electron chi connectivity index (χ2n) is 8.99. The molecule has 4 aromatic rings. The van der Waals surface area contributed by atoms with Gasteiger partial charge >= 0.3 is 6.18 Å². The number of nitrogens with one attached hydrogen (secondary N) is 4. The highest BCUT2D eigenvalue weighted by Gasteiger charge is 2.31. The average molecular weight is 533 g/mol. The van der Waals surface area contributed by atoms with E-state index in [1.54, 1.807) is 32.4 Å². The normalized spacial score (nSPS) is 12.6. The molecule has 3 aromatic carbocycles. The van der Waals surface area contributed by atoms with E-state index in [0.29, 0.717) is 22.8 Å². The topological polar surface area (TPSA) is 103 Å². The number of alkyl halides is 3. The Hall–Kier alpha value is -4.73. The summed E-state index contributed by atoms with van der Waals surface area (Å²) in [5.41, 5.74) is 3.99. The summed E-state index contributed by atoms with van der Waals surface area (Å²) in [6, 6.07) is 16.0. The lowest BCUT2D eigenvalue weighted by atomic mass is 9.97. The molecule has 39 heavy (non-hydrogen) atoms. The van der Waals surface area contributed by atoms with Crippen molar-refractivity contribution in [2.75, 3.05) is 17.7 Å². The molecular formula is C29H27F3N6O. The van der Waals surface area contributed by atoms with Gasteiger partial charge in [0.25, 0.3) is 0 Å². The molecule has 1 aromatic heterocycles. The zero-order valence-corrected chi connectivity index (χ0v) is 21.5. The molecule has 0 fully saturated rings. The molecule has 0 aliphatic carbocycles. The van der Waals surface area contributed by atoms with Crippen LogP contribution in [-0.2, 0) is 11.0 Å². The molecule has 0 saturated heterocycles. The van der Waals surface area contributed by atoms with Crippen LogP contribution in [0.25, 0.3) is 22.0 Å². The zero-order chi connectivity index (χ0) is 28.2. The summed E-state index contributed by atoms with van der Waals surface area (Å²) in [5.74, 6) is -0.836. The van der Waals surface area contributed by atoms with Crippen LogP contribution in [0.3, 0.4) is 0 Å². The van der Waals surface area contributed by atoms with Gasteiger partial charge < -0.3 is 21.4 Å². The number of aryl methyl sites for hydroxylation is 1. The van der Waals surface area contributed by atoms with E-state index >= 15 is 0 Å². The van der Waals surface area contributed by atoms with Crippen molar-refractivity contribution in [2.24, 2.45) is 0 Å². The van der Waals surface area contributed by atoms with Gasteiger partial charge in [-0.05, 0) is 66.4 Å². The largest absolute Gasteiger partial charge is 0.416 e. The van der Waals surface area contributed by atoms with Crippen molar-refractivity contribution < 1.29 is 18.0 Å². The van der Waals surface area contributed by atoms with Gasteiger partial charge in [0, 0.05) is 36.7 Å². The first-order valence-corrected chi connectivity index (χ1v) is 12.1. The highest BCUT2D eigenvalue weighted by atomic mass is 19.4. The molecule has 0 aliphatic rings. The fourth-order valence-corrected chi connectivity index (χ4v) is 4.06. The minimum atomic E-state index is -4.48. The van der Waals surface area contributed by atoms with E-state index in [2.05, 4.69) is 25.9 Å². The van der Waals surface area contributed by atoms with Crippen LogP contribution in [0.4, 0.5) is 24.8 Å². The molecule has 1 amide bonds. The maximum absolute atomic E-state index is 13.1. The van der Waals surface area contributed by atoms with Gasteiger partial charge in [0.2, 0.25) is 11.9 Å². The number of anilines is 2. The quantitative estimate of drug-likeness (QED) is 0.194. The first-order chi connectivity index (χ1) is 18.6. The molecule has 4 N–H and O–H groups in total. The number of halogens is 3. The second-order valence-corrected chi connectivity index (χ2v) is 8.99. The highest BCUT2D eigenvalue weighted by Crippen LogP contribution is 2.32. The van der Waals surface area contributed by atoms with E-state index in [1.807, 2.05) is 37.3 Å². The third-order valence-corrected chi connectivity index (χ3v) is 6.21. The Bertz CT molecular complexity index is 1560. The van der Waals surface area contributed by atoms with Gasteiger partial charge in [-0.2, -0.15) is 13.2 Å². The minimum absolute atomic E-state index is 0.284. The monoisotopic (exact) mass is 532 g/mol. The Kier molecular flexibility index (Phi) is 7.94.